The Hall–Kier alpha value is -1.10. The van der Waals surface area contributed by atoms with Gasteiger partial charge in [-0.1, -0.05) is 6.92 Å². The summed E-state index contributed by atoms with van der Waals surface area (Å²) in [4.78, 5) is 25.5. The van der Waals surface area contributed by atoms with Crippen molar-refractivity contribution in [3.8, 4) is 0 Å². The minimum atomic E-state index is -0.792. The summed E-state index contributed by atoms with van der Waals surface area (Å²) in [5, 5.41) is 9.14. The van der Waals surface area contributed by atoms with E-state index in [2.05, 4.69) is 0 Å². The molecule has 3 N–H and O–H groups in total. The van der Waals surface area contributed by atoms with Gasteiger partial charge in [0.15, 0.2) is 0 Å². The summed E-state index contributed by atoms with van der Waals surface area (Å²) in [5.41, 5.74) is 6.20. The van der Waals surface area contributed by atoms with Crippen LogP contribution in [0.25, 0.3) is 0 Å². The van der Waals surface area contributed by atoms with E-state index >= 15 is 0 Å². The standard InChI is InChI=1S/C14H22N2O3/c1-7-5-16(6-10(7)14(18)19)13(17)11-8-2-3-9(4-8)12(11)15/h7-12H,2-6,15H2,1H3,(H,18,19)/t7-,8?,9?,10-,11?,12?/m1/s1. The second-order valence-corrected chi connectivity index (χ2v) is 6.60. The molecule has 0 aromatic heterocycles. The van der Waals surface area contributed by atoms with Crippen molar-refractivity contribution in [2.45, 2.75) is 32.2 Å². The smallest absolute Gasteiger partial charge is 0.308 e. The predicted molar refractivity (Wildman–Crippen MR) is 69.2 cm³/mol. The summed E-state index contributed by atoms with van der Waals surface area (Å²) in [7, 11) is 0. The molecule has 3 aliphatic rings. The van der Waals surface area contributed by atoms with E-state index in [9.17, 15) is 9.59 Å². The summed E-state index contributed by atoms with van der Waals surface area (Å²) in [5.74, 6) is -0.176. The third kappa shape index (κ3) is 1.95. The second kappa shape index (κ2) is 4.47. The maximum Gasteiger partial charge on any atom is 0.308 e. The highest BCUT2D eigenvalue weighted by Crippen LogP contribution is 2.48. The zero-order valence-corrected chi connectivity index (χ0v) is 11.3. The number of fused-ring (bicyclic) bond motifs is 2. The van der Waals surface area contributed by atoms with Crippen molar-refractivity contribution in [3.63, 3.8) is 0 Å². The number of carbonyl (C=O) groups excluding carboxylic acids is 1. The summed E-state index contributed by atoms with van der Waals surface area (Å²) in [6.45, 7) is 2.83. The predicted octanol–water partition coefficient (Wildman–Crippen LogP) is 0.539. The van der Waals surface area contributed by atoms with Gasteiger partial charge in [-0.05, 0) is 37.0 Å². The SMILES string of the molecule is C[C@@H]1CN(C(=O)C2C3CCC(C3)C2N)C[C@H]1C(=O)O. The fourth-order valence-electron chi connectivity index (χ4n) is 4.38. The molecular weight excluding hydrogens is 244 g/mol. The summed E-state index contributed by atoms with van der Waals surface area (Å²) in [6.07, 6.45) is 3.35. The van der Waals surface area contributed by atoms with Crippen molar-refractivity contribution < 1.29 is 14.7 Å². The molecule has 6 atom stereocenters. The lowest BCUT2D eigenvalue weighted by Crippen LogP contribution is -2.46. The Balaban J connectivity index is 1.70. The van der Waals surface area contributed by atoms with Crippen molar-refractivity contribution >= 4 is 11.9 Å². The van der Waals surface area contributed by atoms with Gasteiger partial charge >= 0.3 is 5.97 Å². The number of nitrogens with zero attached hydrogens (tertiary/aromatic N) is 1. The molecule has 0 aromatic carbocycles. The Labute approximate surface area is 113 Å². The second-order valence-electron chi connectivity index (χ2n) is 6.60. The Morgan fingerprint density at radius 3 is 2.42 bits per heavy atom. The Kier molecular flexibility index (Phi) is 3.04. The number of hydrogen-bond acceptors (Lipinski definition) is 3. The average molecular weight is 266 g/mol. The van der Waals surface area contributed by atoms with Crippen LogP contribution in [0.1, 0.15) is 26.2 Å². The van der Waals surface area contributed by atoms with E-state index in [4.69, 9.17) is 10.8 Å². The molecule has 1 heterocycles. The lowest BCUT2D eigenvalue weighted by molar-refractivity contribution is -0.142. The van der Waals surface area contributed by atoms with Crippen molar-refractivity contribution in [1.82, 2.24) is 4.90 Å². The van der Waals surface area contributed by atoms with Gasteiger partial charge in [0.2, 0.25) is 5.91 Å². The van der Waals surface area contributed by atoms with Crippen LogP contribution in [-0.4, -0.2) is 41.0 Å². The number of amides is 1. The van der Waals surface area contributed by atoms with Gasteiger partial charge in [0.25, 0.3) is 0 Å². The maximum absolute atomic E-state index is 12.6. The molecule has 0 spiro atoms. The molecule has 0 aromatic rings. The highest BCUT2D eigenvalue weighted by Gasteiger charge is 2.51. The quantitative estimate of drug-likeness (QED) is 0.764. The van der Waals surface area contributed by atoms with Gasteiger partial charge in [0.1, 0.15) is 0 Å². The van der Waals surface area contributed by atoms with Crippen molar-refractivity contribution in [2.24, 2.45) is 35.3 Å². The van der Waals surface area contributed by atoms with Crippen LogP contribution >= 0.6 is 0 Å². The van der Waals surface area contributed by atoms with E-state index in [-0.39, 0.29) is 23.8 Å². The van der Waals surface area contributed by atoms with Gasteiger partial charge in [-0.25, -0.2) is 0 Å². The first-order valence-corrected chi connectivity index (χ1v) is 7.26. The number of rotatable bonds is 2. The largest absolute Gasteiger partial charge is 0.481 e. The molecule has 1 saturated heterocycles. The summed E-state index contributed by atoms with van der Waals surface area (Å²) in [6, 6.07) is -0.00886. The first-order chi connectivity index (χ1) is 8.99. The zero-order valence-electron chi connectivity index (χ0n) is 11.3. The number of hydrogen-bond donors (Lipinski definition) is 2. The monoisotopic (exact) mass is 266 g/mol. The zero-order chi connectivity index (χ0) is 13.7. The van der Waals surface area contributed by atoms with Crippen molar-refractivity contribution in [2.75, 3.05) is 13.1 Å². The minimum absolute atomic E-state index is 0.00886. The number of nitrogens with two attached hydrogens (primary N) is 1. The van der Waals surface area contributed by atoms with Crippen molar-refractivity contribution in [3.05, 3.63) is 0 Å². The lowest BCUT2D eigenvalue weighted by atomic mass is 9.84. The molecule has 1 amide bonds. The first kappa shape index (κ1) is 12.9. The third-order valence-corrected chi connectivity index (χ3v) is 5.51. The fourth-order valence-corrected chi connectivity index (χ4v) is 4.38. The average Bonchev–Trinajstić information content (AvgIpc) is 3.01. The van der Waals surface area contributed by atoms with E-state index in [0.717, 1.165) is 19.3 Å². The van der Waals surface area contributed by atoms with Crippen LogP contribution in [0.3, 0.4) is 0 Å². The third-order valence-electron chi connectivity index (χ3n) is 5.51. The summed E-state index contributed by atoms with van der Waals surface area (Å²) < 4.78 is 0. The topological polar surface area (TPSA) is 83.6 Å². The van der Waals surface area contributed by atoms with Crippen LogP contribution < -0.4 is 5.73 Å². The van der Waals surface area contributed by atoms with E-state index in [1.165, 1.54) is 0 Å². The molecule has 1 aliphatic heterocycles. The molecule has 5 nitrogen and oxygen atoms in total. The van der Waals surface area contributed by atoms with Crippen molar-refractivity contribution in [1.29, 1.82) is 0 Å². The number of carbonyl (C=O) groups is 2. The van der Waals surface area contributed by atoms with Gasteiger partial charge < -0.3 is 15.7 Å². The van der Waals surface area contributed by atoms with E-state index in [1.54, 1.807) is 4.90 Å². The van der Waals surface area contributed by atoms with E-state index in [0.29, 0.717) is 24.9 Å². The molecule has 2 saturated carbocycles. The lowest BCUT2D eigenvalue weighted by Gasteiger charge is -2.30. The van der Waals surface area contributed by atoms with Crippen LogP contribution in [0.2, 0.25) is 0 Å². The highest BCUT2D eigenvalue weighted by atomic mass is 16.4. The summed E-state index contributed by atoms with van der Waals surface area (Å²) >= 11 is 0. The Morgan fingerprint density at radius 2 is 1.89 bits per heavy atom. The van der Waals surface area contributed by atoms with Gasteiger partial charge in [0, 0.05) is 19.1 Å². The van der Waals surface area contributed by atoms with E-state index < -0.39 is 11.9 Å². The maximum atomic E-state index is 12.6. The Morgan fingerprint density at radius 1 is 1.21 bits per heavy atom. The molecule has 5 heteroatoms. The van der Waals surface area contributed by atoms with Crippen LogP contribution in [0, 0.1) is 29.6 Å². The number of likely N-dealkylation sites (tertiary alicyclic amines) is 1. The van der Waals surface area contributed by atoms with Gasteiger partial charge in [-0.2, -0.15) is 0 Å². The molecule has 2 aliphatic carbocycles. The van der Waals surface area contributed by atoms with Crippen LogP contribution in [0.4, 0.5) is 0 Å². The number of aliphatic carboxylic acids is 1. The van der Waals surface area contributed by atoms with E-state index in [1.807, 2.05) is 6.92 Å². The minimum Gasteiger partial charge on any atom is -0.481 e. The highest BCUT2D eigenvalue weighted by molar-refractivity contribution is 5.82. The van der Waals surface area contributed by atoms with Crippen LogP contribution in [0.15, 0.2) is 0 Å². The molecular formula is C14H22N2O3. The van der Waals surface area contributed by atoms with Crippen LogP contribution in [-0.2, 0) is 9.59 Å². The molecule has 2 bridgehead atoms. The molecule has 3 fully saturated rings. The molecule has 19 heavy (non-hydrogen) atoms. The van der Waals surface area contributed by atoms with Gasteiger partial charge in [-0.3, -0.25) is 9.59 Å². The van der Waals surface area contributed by atoms with Gasteiger partial charge in [-0.15, -0.1) is 0 Å². The Bertz CT molecular complexity index is 409. The number of carboxylic acid groups (broad SMARTS) is 1. The number of carboxylic acids is 1. The van der Waals surface area contributed by atoms with Gasteiger partial charge in [0.05, 0.1) is 11.8 Å². The molecule has 0 radical (unpaired) electrons. The normalized spacial score (nSPS) is 44.8. The first-order valence-electron chi connectivity index (χ1n) is 7.26. The van der Waals surface area contributed by atoms with Crippen LogP contribution in [0.5, 0.6) is 0 Å². The molecule has 3 rings (SSSR count). The molecule has 106 valence electrons. The fraction of sp³-hybridized carbons (Fsp3) is 0.857. The molecule has 4 unspecified atom stereocenters.